The van der Waals surface area contributed by atoms with E-state index in [1.54, 1.807) is 0 Å². The van der Waals surface area contributed by atoms with E-state index in [2.05, 4.69) is 49.9 Å². The van der Waals surface area contributed by atoms with Crippen LogP contribution >= 0.6 is 0 Å². The van der Waals surface area contributed by atoms with Crippen LogP contribution in [-0.4, -0.2) is 61.7 Å². The van der Waals surface area contributed by atoms with Gasteiger partial charge in [0.2, 0.25) is 0 Å². The second-order valence-electron chi connectivity index (χ2n) is 5.56. The first-order valence-corrected chi connectivity index (χ1v) is 7.25. The van der Waals surface area contributed by atoms with Gasteiger partial charge in [0, 0.05) is 31.7 Å². The topological polar surface area (TPSA) is 18.5 Å². The Bertz CT molecular complexity index is 208. The van der Waals surface area contributed by atoms with E-state index in [0.29, 0.717) is 6.04 Å². The third kappa shape index (κ3) is 4.23. The summed E-state index contributed by atoms with van der Waals surface area (Å²) in [6.45, 7) is 15.1. The third-order valence-corrected chi connectivity index (χ3v) is 4.40. The molecule has 1 N–H and O–H groups in total. The SMILES string of the molecule is CCNCC(C)C(C)N1CCN(C)C(CC)C1. The molecule has 0 amide bonds. The minimum absolute atomic E-state index is 0.691. The molecule has 102 valence electrons. The molecule has 0 radical (unpaired) electrons. The van der Waals surface area contributed by atoms with Crippen LogP contribution in [0.2, 0.25) is 0 Å². The standard InChI is InChI=1S/C14H31N3/c1-6-14-11-17(9-8-16(14)5)13(4)12(3)10-15-7-2/h12-15H,6-11H2,1-5H3. The normalized spacial score (nSPS) is 27.0. The van der Waals surface area contributed by atoms with Crippen LogP contribution in [0.5, 0.6) is 0 Å². The highest BCUT2D eigenvalue weighted by molar-refractivity contribution is 4.84. The van der Waals surface area contributed by atoms with Crippen molar-refractivity contribution >= 4 is 0 Å². The molecule has 3 unspecified atom stereocenters. The first-order valence-electron chi connectivity index (χ1n) is 7.25. The number of nitrogens with one attached hydrogen (secondary N) is 1. The zero-order valence-electron chi connectivity index (χ0n) is 12.4. The van der Waals surface area contributed by atoms with Gasteiger partial charge in [-0.1, -0.05) is 20.8 Å². The maximum Gasteiger partial charge on any atom is 0.0218 e. The van der Waals surface area contributed by atoms with Crippen LogP contribution < -0.4 is 5.32 Å². The lowest BCUT2D eigenvalue weighted by Crippen LogP contribution is -2.55. The molecule has 0 aromatic rings. The summed E-state index contributed by atoms with van der Waals surface area (Å²) in [4.78, 5) is 5.19. The molecular formula is C14H31N3. The van der Waals surface area contributed by atoms with Gasteiger partial charge < -0.3 is 10.2 Å². The molecule has 1 fully saturated rings. The van der Waals surface area contributed by atoms with Gasteiger partial charge in [0.1, 0.15) is 0 Å². The fraction of sp³-hybridized carbons (Fsp3) is 1.00. The second-order valence-corrected chi connectivity index (χ2v) is 5.56. The average Bonchev–Trinajstić information content (AvgIpc) is 2.35. The van der Waals surface area contributed by atoms with Gasteiger partial charge in [0.15, 0.2) is 0 Å². The lowest BCUT2D eigenvalue weighted by Gasteiger charge is -2.43. The molecule has 0 aliphatic carbocycles. The lowest BCUT2D eigenvalue weighted by molar-refractivity contribution is 0.0505. The predicted octanol–water partition coefficient (Wildman–Crippen LogP) is 1.65. The van der Waals surface area contributed by atoms with E-state index < -0.39 is 0 Å². The number of hydrogen-bond acceptors (Lipinski definition) is 3. The van der Waals surface area contributed by atoms with Crippen LogP contribution in [0.1, 0.15) is 34.1 Å². The minimum atomic E-state index is 0.691. The molecular weight excluding hydrogens is 210 g/mol. The fourth-order valence-electron chi connectivity index (χ4n) is 2.68. The summed E-state index contributed by atoms with van der Waals surface area (Å²) in [5.41, 5.74) is 0. The molecule has 0 aromatic carbocycles. The molecule has 3 heteroatoms. The Morgan fingerprint density at radius 2 is 1.94 bits per heavy atom. The van der Waals surface area contributed by atoms with E-state index in [9.17, 15) is 0 Å². The molecule has 3 atom stereocenters. The molecule has 0 saturated carbocycles. The smallest absolute Gasteiger partial charge is 0.0218 e. The molecule has 3 nitrogen and oxygen atoms in total. The Balaban J connectivity index is 2.43. The minimum Gasteiger partial charge on any atom is -0.317 e. The fourth-order valence-corrected chi connectivity index (χ4v) is 2.68. The van der Waals surface area contributed by atoms with Crippen molar-refractivity contribution < 1.29 is 0 Å². The van der Waals surface area contributed by atoms with E-state index in [0.717, 1.165) is 25.0 Å². The lowest BCUT2D eigenvalue weighted by atomic mass is 9.99. The number of rotatable bonds is 6. The van der Waals surface area contributed by atoms with Crippen molar-refractivity contribution in [2.75, 3.05) is 39.8 Å². The Morgan fingerprint density at radius 3 is 2.53 bits per heavy atom. The zero-order valence-corrected chi connectivity index (χ0v) is 12.4. The van der Waals surface area contributed by atoms with E-state index in [1.165, 1.54) is 26.1 Å². The summed E-state index contributed by atoms with van der Waals surface area (Å²) in [6, 6.07) is 1.44. The highest BCUT2D eigenvalue weighted by Gasteiger charge is 2.27. The van der Waals surface area contributed by atoms with E-state index >= 15 is 0 Å². The Morgan fingerprint density at radius 1 is 1.24 bits per heavy atom. The predicted molar refractivity (Wildman–Crippen MR) is 75.5 cm³/mol. The van der Waals surface area contributed by atoms with E-state index in [-0.39, 0.29) is 0 Å². The van der Waals surface area contributed by atoms with E-state index in [1.807, 2.05) is 0 Å². The van der Waals surface area contributed by atoms with Crippen LogP contribution in [0, 0.1) is 5.92 Å². The molecule has 1 heterocycles. The van der Waals surface area contributed by atoms with Crippen molar-refractivity contribution in [1.82, 2.24) is 15.1 Å². The van der Waals surface area contributed by atoms with E-state index in [4.69, 9.17) is 0 Å². The second kappa shape index (κ2) is 7.34. The molecule has 17 heavy (non-hydrogen) atoms. The summed E-state index contributed by atoms with van der Waals surface area (Å²) >= 11 is 0. The summed E-state index contributed by atoms with van der Waals surface area (Å²) in [7, 11) is 2.26. The summed E-state index contributed by atoms with van der Waals surface area (Å²) < 4.78 is 0. The Hall–Kier alpha value is -0.120. The highest BCUT2D eigenvalue weighted by Crippen LogP contribution is 2.17. The molecule has 1 saturated heterocycles. The summed E-state index contributed by atoms with van der Waals surface area (Å²) in [5, 5.41) is 3.46. The van der Waals surface area contributed by atoms with Gasteiger partial charge in [-0.25, -0.2) is 0 Å². The molecule has 0 aromatic heterocycles. The number of piperazine rings is 1. The monoisotopic (exact) mass is 241 g/mol. The number of hydrogen-bond donors (Lipinski definition) is 1. The van der Waals surface area contributed by atoms with Gasteiger partial charge in [-0.15, -0.1) is 0 Å². The van der Waals surface area contributed by atoms with Gasteiger partial charge in [0.25, 0.3) is 0 Å². The molecule has 0 bridgehead atoms. The van der Waals surface area contributed by atoms with Gasteiger partial charge in [0.05, 0.1) is 0 Å². The van der Waals surface area contributed by atoms with Crippen molar-refractivity contribution in [2.45, 2.75) is 46.2 Å². The maximum atomic E-state index is 3.46. The molecule has 1 rings (SSSR count). The molecule has 1 aliphatic rings. The third-order valence-electron chi connectivity index (χ3n) is 4.40. The molecule has 0 spiro atoms. The van der Waals surface area contributed by atoms with Crippen molar-refractivity contribution in [3.63, 3.8) is 0 Å². The maximum absolute atomic E-state index is 3.46. The summed E-state index contributed by atoms with van der Waals surface area (Å²) in [5.74, 6) is 0.732. The highest BCUT2D eigenvalue weighted by atomic mass is 15.3. The van der Waals surface area contributed by atoms with Crippen molar-refractivity contribution in [1.29, 1.82) is 0 Å². The summed E-state index contributed by atoms with van der Waals surface area (Å²) in [6.07, 6.45) is 1.27. The zero-order chi connectivity index (χ0) is 12.8. The molecule has 1 aliphatic heterocycles. The van der Waals surface area contributed by atoms with Crippen LogP contribution in [-0.2, 0) is 0 Å². The van der Waals surface area contributed by atoms with Crippen LogP contribution in [0.3, 0.4) is 0 Å². The van der Waals surface area contributed by atoms with Gasteiger partial charge in [-0.05, 0) is 39.4 Å². The van der Waals surface area contributed by atoms with Crippen molar-refractivity contribution in [3.8, 4) is 0 Å². The van der Waals surface area contributed by atoms with Gasteiger partial charge in [-0.2, -0.15) is 0 Å². The first kappa shape index (κ1) is 14.9. The first-order chi connectivity index (χ1) is 8.10. The Kier molecular flexibility index (Phi) is 6.45. The van der Waals surface area contributed by atoms with Crippen LogP contribution in [0.25, 0.3) is 0 Å². The largest absolute Gasteiger partial charge is 0.317 e. The van der Waals surface area contributed by atoms with Gasteiger partial charge >= 0.3 is 0 Å². The van der Waals surface area contributed by atoms with Crippen LogP contribution in [0.15, 0.2) is 0 Å². The van der Waals surface area contributed by atoms with Gasteiger partial charge in [-0.3, -0.25) is 4.90 Å². The Labute approximate surface area is 108 Å². The van der Waals surface area contributed by atoms with Crippen molar-refractivity contribution in [3.05, 3.63) is 0 Å². The van der Waals surface area contributed by atoms with Crippen molar-refractivity contribution in [2.24, 2.45) is 5.92 Å². The average molecular weight is 241 g/mol. The number of nitrogens with zero attached hydrogens (tertiary/aromatic N) is 2. The number of likely N-dealkylation sites (N-methyl/N-ethyl adjacent to an activating group) is 1. The quantitative estimate of drug-likeness (QED) is 0.763. The van der Waals surface area contributed by atoms with Crippen LogP contribution in [0.4, 0.5) is 0 Å².